The summed E-state index contributed by atoms with van der Waals surface area (Å²) in [6.45, 7) is 5.59. The second kappa shape index (κ2) is 9.12. The van der Waals surface area contributed by atoms with Crippen molar-refractivity contribution in [3.63, 3.8) is 0 Å². The van der Waals surface area contributed by atoms with E-state index >= 15 is 0 Å². The molecule has 0 spiro atoms. The molecule has 0 aromatic heterocycles. The number of nitrogens with one attached hydrogen (secondary N) is 1. The summed E-state index contributed by atoms with van der Waals surface area (Å²) in [5, 5.41) is 3.66. The van der Waals surface area contributed by atoms with Crippen LogP contribution in [0.1, 0.15) is 57.8 Å². The standard InChI is InChI=1S/C18H36N2O/c1-20(14-17-8-7-9-17)16-18(15-19-12-13-21-2)10-5-3-4-6-11-18/h17,19H,3-16H2,1-2H3. The Labute approximate surface area is 131 Å². The van der Waals surface area contributed by atoms with Crippen molar-refractivity contribution in [3.05, 3.63) is 0 Å². The lowest BCUT2D eigenvalue weighted by Gasteiger charge is -2.39. The van der Waals surface area contributed by atoms with Crippen molar-refractivity contribution < 1.29 is 4.74 Å². The molecule has 0 aliphatic heterocycles. The molecular formula is C18H36N2O. The van der Waals surface area contributed by atoms with E-state index in [1.807, 2.05) is 0 Å². The van der Waals surface area contributed by atoms with Crippen LogP contribution in [0.3, 0.4) is 0 Å². The Kier molecular flexibility index (Phi) is 7.48. The zero-order valence-electron chi connectivity index (χ0n) is 14.3. The van der Waals surface area contributed by atoms with Crippen LogP contribution >= 0.6 is 0 Å². The first kappa shape index (κ1) is 17.2. The highest BCUT2D eigenvalue weighted by Crippen LogP contribution is 2.36. The first-order chi connectivity index (χ1) is 10.2. The molecule has 1 N–H and O–H groups in total. The molecule has 0 saturated heterocycles. The quantitative estimate of drug-likeness (QED) is 0.522. The fourth-order valence-electron chi connectivity index (χ4n) is 4.15. The van der Waals surface area contributed by atoms with E-state index in [1.54, 1.807) is 7.11 Å². The average Bonchev–Trinajstić information content (AvgIpc) is 2.65. The predicted octanol–water partition coefficient (Wildman–Crippen LogP) is 3.29. The monoisotopic (exact) mass is 296 g/mol. The molecule has 0 atom stereocenters. The Morgan fingerprint density at radius 2 is 1.81 bits per heavy atom. The number of hydrogen-bond acceptors (Lipinski definition) is 3. The second-order valence-corrected chi connectivity index (χ2v) is 7.58. The van der Waals surface area contributed by atoms with Crippen molar-refractivity contribution in [2.24, 2.45) is 11.3 Å². The molecule has 3 nitrogen and oxygen atoms in total. The number of nitrogens with zero attached hydrogens (tertiary/aromatic N) is 1. The van der Waals surface area contributed by atoms with Gasteiger partial charge >= 0.3 is 0 Å². The van der Waals surface area contributed by atoms with Crippen molar-refractivity contribution in [3.8, 4) is 0 Å². The van der Waals surface area contributed by atoms with Gasteiger partial charge in [0.2, 0.25) is 0 Å². The van der Waals surface area contributed by atoms with E-state index in [0.29, 0.717) is 5.41 Å². The van der Waals surface area contributed by atoms with Crippen LogP contribution in [0.15, 0.2) is 0 Å². The van der Waals surface area contributed by atoms with Crippen molar-refractivity contribution in [2.75, 3.05) is 46.9 Å². The van der Waals surface area contributed by atoms with Gasteiger partial charge in [-0.25, -0.2) is 0 Å². The summed E-state index contributed by atoms with van der Waals surface area (Å²) < 4.78 is 5.17. The molecule has 0 bridgehead atoms. The van der Waals surface area contributed by atoms with E-state index in [2.05, 4.69) is 17.3 Å². The smallest absolute Gasteiger partial charge is 0.0587 e. The van der Waals surface area contributed by atoms with Crippen LogP contribution in [0, 0.1) is 11.3 Å². The summed E-state index contributed by atoms with van der Waals surface area (Å²) in [5.74, 6) is 0.985. The lowest BCUT2D eigenvalue weighted by Crippen LogP contribution is -2.45. The molecule has 124 valence electrons. The Balaban J connectivity index is 1.83. The third-order valence-electron chi connectivity index (χ3n) is 5.55. The summed E-state index contributed by atoms with van der Waals surface area (Å²) in [7, 11) is 4.13. The Hall–Kier alpha value is -0.120. The van der Waals surface area contributed by atoms with Gasteiger partial charge in [-0.2, -0.15) is 0 Å². The van der Waals surface area contributed by atoms with Crippen molar-refractivity contribution in [1.29, 1.82) is 0 Å². The third-order valence-corrected chi connectivity index (χ3v) is 5.55. The van der Waals surface area contributed by atoms with Gasteiger partial charge in [-0.1, -0.05) is 32.1 Å². The van der Waals surface area contributed by atoms with Crippen LogP contribution in [-0.4, -0.2) is 51.8 Å². The van der Waals surface area contributed by atoms with E-state index in [9.17, 15) is 0 Å². The SMILES string of the molecule is COCCNCC1(CN(C)CC2CCC2)CCCCCC1. The maximum atomic E-state index is 5.17. The van der Waals surface area contributed by atoms with Gasteiger partial charge in [0.05, 0.1) is 6.61 Å². The van der Waals surface area contributed by atoms with Crippen LogP contribution in [-0.2, 0) is 4.74 Å². The molecule has 0 heterocycles. The maximum Gasteiger partial charge on any atom is 0.0587 e. The highest BCUT2D eigenvalue weighted by Gasteiger charge is 2.32. The highest BCUT2D eigenvalue weighted by molar-refractivity contribution is 4.87. The summed E-state index contributed by atoms with van der Waals surface area (Å²) in [6.07, 6.45) is 12.9. The first-order valence-electron chi connectivity index (χ1n) is 9.12. The summed E-state index contributed by atoms with van der Waals surface area (Å²) in [4.78, 5) is 2.63. The molecule has 0 aromatic carbocycles. The van der Waals surface area contributed by atoms with Gasteiger partial charge in [-0.3, -0.25) is 0 Å². The van der Waals surface area contributed by atoms with Crippen molar-refractivity contribution >= 4 is 0 Å². The number of hydrogen-bond donors (Lipinski definition) is 1. The third kappa shape index (κ3) is 5.88. The maximum absolute atomic E-state index is 5.17. The Morgan fingerprint density at radius 3 is 2.38 bits per heavy atom. The van der Waals surface area contributed by atoms with Gasteiger partial charge in [-0.05, 0) is 44.1 Å². The molecule has 2 rings (SSSR count). The first-order valence-corrected chi connectivity index (χ1v) is 9.12. The van der Waals surface area contributed by atoms with E-state index in [1.165, 1.54) is 77.4 Å². The van der Waals surface area contributed by atoms with E-state index in [0.717, 1.165) is 19.1 Å². The molecule has 2 fully saturated rings. The van der Waals surface area contributed by atoms with Crippen molar-refractivity contribution in [2.45, 2.75) is 57.8 Å². The second-order valence-electron chi connectivity index (χ2n) is 7.58. The van der Waals surface area contributed by atoms with Crippen LogP contribution in [0.2, 0.25) is 0 Å². The number of ether oxygens (including phenoxy) is 1. The molecule has 0 unspecified atom stereocenters. The number of methoxy groups -OCH3 is 1. The topological polar surface area (TPSA) is 24.5 Å². The van der Waals surface area contributed by atoms with Gasteiger partial charge in [0.25, 0.3) is 0 Å². The predicted molar refractivity (Wildman–Crippen MR) is 89.7 cm³/mol. The van der Waals surface area contributed by atoms with Crippen LogP contribution < -0.4 is 5.32 Å². The normalized spacial score (nSPS) is 23.0. The van der Waals surface area contributed by atoms with Crippen LogP contribution in [0.4, 0.5) is 0 Å². The zero-order chi connectivity index (χ0) is 15.0. The van der Waals surface area contributed by atoms with E-state index in [4.69, 9.17) is 4.74 Å². The molecular weight excluding hydrogens is 260 g/mol. The van der Waals surface area contributed by atoms with Crippen LogP contribution in [0.5, 0.6) is 0 Å². The lowest BCUT2D eigenvalue weighted by molar-refractivity contribution is 0.113. The molecule has 2 saturated carbocycles. The molecule has 0 radical (unpaired) electrons. The van der Waals surface area contributed by atoms with Gasteiger partial charge in [0.1, 0.15) is 0 Å². The van der Waals surface area contributed by atoms with Crippen LogP contribution in [0.25, 0.3) is 0 Å². The largest absolute Gasteiger partial charge is 0.383 e. The van der Waals surface area contributed by atoms with Crippen molar-refractivity contribution in [1.82, 2.24) is 10.2 Å². The fraction of sp³-hybridized carbons (Fsp3) is 1.00. The lowest BCUT2D eigenvalue weighted by atomic mass is 9.79. The summed E-state index contributed by atoms with van der Waals surface area (Å²) in [6, 6.07) is 0. The van der Waals surface area contributed by atoms with Gasteiger partial charge in [0.15, 0.2) is 0 Å². The van der Waals surface area contributed by atoms with E-state index in [-0.39, 0.29) is 0 Å². The summed E-state index contributed by atoms with van der Waals surface area (Å²) >= 11 is 0. The minimum Gasteiger partial charge on any atom is -0.383 e. The Morgan fingerprint density at radius 1 is 1.10 bits per heavy atom. The fourth-order valence-corrected chi connectivity index (χ4v) is 4.15. The summed E-state index contributed by atoms with van der Waals surface area (Å²) in [5.41, 5.74) is 0.503. The van der Waals surface area contributed by atoms with Gasteiger partial charge < -0.3 is 15.0 Å². The Bertz CT molecular complexity index is 270. The molecule has 0 amide bonds. The average molecular weight is 296 g/mol. The highest BCUT2D eigenvalue weighted by atomic mass is 16.5. The molecule has 2 aliphatic rings. The molecule has 0 aromatic rings. The van der Waals surface area contributed by atoms with E-state index < -0.39 is 0 Å². The van der Waals surface area contributed by atoms with Gasteiger partial charge in [0, 0.05) is 33.3 Å². The molecule has 21 heavy (non-hydrogen) atoms. The molecule has 3 heteroatoms. The molecule has 2 aliphatic carbocycles. The minimum atomic E-state index is 0.503. The zero-order valence-corrected chi connectivity index (χ0v) is 14.3. The van der Waals surface area contributed by atoms with Gasteiger partial charge in [-0.15, -0.1) is 0 Å². The minimum absolute atomic E-state index is 0.503. The number of rotatable bonds is 9.